The number of halogens is 1. The highest BCUT2D eigenvalue weighted by Crippen LogP contribution is 2.33. The number of nitrogens with one attached hydrogen (secondary N) is 1. The molecule has 0 unspecified atom stereocenters. The summed E-state index contributed by atoms with van der Waals surface area (Å²) in [6.07, 6.45) is 0. The first kappa shape index (κ1) is 20.7. The molecule has 4 aromatic rings. The number of fused-ring (bicyclic) bond motifs is 1. The summed E-state index contributed by atoms with van der Waals surface area (Å²) in [5.74, 6) is 1.06. The van der Waals surface area contributed by atoms with Gasteiger partial charge in [-0.3, -0.25) is 4.79 Å². The number of amides is 1. The molecule has 1 N–H and O–H groups in total. The molecule has 0 aliphatic rings. The van der Waals surface area contributed by atoms with Gasteiger partial charge in [-0.05, 0) is 48.0 Å². The highest BCUT2D eigenvalue weighted by Gasteiger charge is 2.15. The zero-order valence-electron chi connectivity index (χ0n) is 17.2. The average Bonchev–Trinajstić information content (AvgIpc) is 2.82. The normalized spacial score (nSPS) is 10.7. The summed E-state index contributed by atoms with van der Waals surface area (Å²) >= 11 is 5.94. The molecule has 0 fully saturated rings. The molecule has 0 aliphatic carbocycles. The number of methoxy groups -OCH3 is 2. The molecule has 3 aromatic carbocycles. The molecule has 0 aliphatic heterocycles. The molecule has 156 valence electrons. The number of pyridine rings is 1. The summed E-state index contributed by atoms with van der Waals surface area (Å²) in [4.78, 5) is 17.9. The van der Waals surface area contributed by atoms with Gasteiger partial charge in [-0.25, -0.2) is 4.98 Å². The van der Waals surface area contributed by atoms with Gasteiger partial charge in [0.15, 0.2) is 11.5 Å². The highest BCUT2D eigenvalue weighted by molar-refractivity contribution is 6.30. The molecule has 0 bridgehead atoms. The van der Waals surface area contributed by atoms with Gasteiger partial charge in [0.1, 0.15) is 0 Å². The maximum Gasteiger partial charge on any atom is 0.252 e. The Morgan fingerprint density at radius 2 is 1.68 bits per heavy atom. The average molecular weight is 433 g/mol. The van der Waals surface area contributed by atoms with Crippen LogP contribution in [0.2, 0.25) is 5.02 Å². The predicted molar refractivity (Wildman–Crippen MR) is 123 cm³/mol. The van der Waals surface area contributed by atoms with E-state index in [2.05, 4.69) is 5.32 Å². The van der Waals surface area contributed by atoms with Crippen molar-refractivity contribution in [1.29, 1.82) is 0 Å². The van der Waals surface area contributed by atoms with Crippen molar-refractivity contribution in [2.75, 3.05) is 14.2 Å². The Morgan fingerprint density at radius 1 is 0.935 bits per heavy atom. The van der Waals surface area contributed by atoms with Crippen molar-refractivity contribution < 1.29 is 14.3 Å². The molecule has 1 amide bonds. The number of carbonyl (C=O) groups is 1. The number of ether oxygens (including phenoxy) is 2. The van der Waals surface area contributed by atoms with Crippen LogP contribution in [0.4, 0.5) is 0 Å². The fourth-order valence-corrected chi connectivity index (χ4v) is 3.51. The van der Waals surface area contributed by atoms with Gasteiger partial charge in [-0.15, -0.1) is 0 Å². The van der Waals surface area contributed by atoms with E-state index in [0.717, 1.165) is 22.0 Å². The van der Waals surface area contributed by atoms with Crippen molar-refractivity contribution in [1.82, 2.24) is 10.3 Å². The second kappa shape index (κ2) is 9.06. The molecule has 0 atom stereocenters. The van der Waals surface area contributed by atoms with E-state index in [1.54, 1.807) is 32.4 Å². The Labute approximate surface area is 185 Å². The fourth-order valence-electron chi connectivity index (χ4n) is 3.39. The lowest BCUT2D eigenvalue weighted by atomic mass is 10.0. The number of nitrogens with zero attached hydrogens (tertiary/aromatic N) is 1. The topological polar surface area (TPSA) is 60.5 Å². The maximum absolute atomic E-state index is 13.1. The predicted octanol–water partition coefficient (Wildman–Crippen LogP) is 5.50. The molecule has 1 heterocycles. The van der Waals surface area contributed by atoms with E-state index in [0.29, 0.717) is 34.3 Å². The summed E-state index contributed by atoms with van der Waals surface area (Å²) in [5, 5.41) is 4.45. The summed E-state index contributed by atoms with van der Waals surface area (Å²) in [5.41, 5.74) is 3.78. The Hall–Kier alpha value is -3.57. The summed E-state index contributed by atoms with van der Waals surface area (Å²) < 4.78 is 10.7. The van der Waals surface area contributed by atoms with Crippen molar-refractivity contribution >= 4 is 28.4 Å². The van der Waals surface area contributed by atoms with Gasteiger partial charge in [0.2, 0.25) is 0 Å². The first-order valence-electron chi connectivity index (χ1n) is 9.74. The number of hydrogen-bond donors (Lipinski definition) is 1. The van der Waals surface area contributed by atoms with Crippen LogP contribution in [0.1, 0.15) is 15.9 Å². The van der Waals surface area contributed by atoms with Crippen LogP contribution in [-0.4, -0.2) is 25.1 Å². The van der Waals surface area contributed by atoms with Crippen LogP contribution >= 0.6 is 11.6 Å². The van der Waals surface area contributed by atoms with E-state index in [4.69, 9.17) is 26.1 Å². The van der Waals surface area contributed by atoms with Crippen molar-refractivity contribution in [3.63, 3.8) is 0 Å². The largest absolute Gasteiger partial charge is 0.493 e. The molecule has 0 saturated carbocycles. The molecular formula is C25H21ClN2O3. The molecule has 0 saturated heterocycles. The molecule has 31 heavy (non-hydrogen) atoms. The van der Waals surface area contributed by atoms with Gasteiger partial charge < -0.3 is 14.8 Å². The first-order chi connectivity index (χ1) is 15.1. The van der Waals surface area contributed by atoms with Crippen molar-refractivity contribution in [2.45, 2.75) is 6.54 Å². The van der Waals surface area contributed by atoms with Crippen LogP contribution in [0.15, 0.2) is 72.8 Å². The fraction of sp³-hybridized carbons (Fsp3) is 0.120. The van der Waals surface area contributed by atoms with Crippen LogP contribution in [0.25, 0.3) is 22.2 Å². The van der Waals surface area contributed by atoms with Crippen molar-refractivity contribution in [3.8, 4) is 22.8 Å². The Balaban J connectivity index is 1.71. The van der Waals surface area contributed by atoms with Gasteiger partial charge in [0, 0.05) is 22.5 Å². The van der Waals surface area contributed by atoms with E-state index >= 15 is 0 Å². The lowest BCUT2D eigenvalue weighted by Crippen LogP contribution is -2.23. The minimum atomic E-state index is -0.171. The van der Waals surface area contributed by atoms with Crippen molar-refractivity contribution in [3.05, 3.63) is 88.9 Å². The maximum atomic E-state index is 13.1. The molecule has 0 radical (unpaired) electrons. The third-order valence-electron chi connectivity index (χ3n) is 5.01. The zero-order chi connectivity index (χ0) is 21.8. The van der Waals surface area contributed by atoms with Gasteiger partial charge in [0.05, 0.1) is 31.0 Å². The molecular weight excluding hydrogens is 412 g/mol. The number of aromatic nitrogens is 1. The van der Waals surface area contributed by atoms with E-state index in [-0.39, 0.29) is 5.91 Å². The van der Waals surface area contributed by atoms with E-state index in [9.17, 15) is 4.79 Å². The van der Waals surface area contributed by atoms with Crippen LogP contribution < -0.4 is 14.8 Å². The highest BCUT2D eigenvalue weighted by atomic mass is 35.5. The van der Waals surface area contributed by atoms with Crippen molar-refractivity contribution in [2.24, 2.45) is 0 Å². The number of carbonyl (C=O) groups excluding carboxylic acids is 1. The molecule has 5 nitrogen and oxygen atoms in total. The quantitative estimate of drug-likeness (QED) is 0.437. The summed E-state index contributed by atoms with van der Waals surface area (Å²) in [6.45, 7) is 0.401. The minimum absolute atomic E-state index is 0.171. The lowest BCUT2D eigenvalue weighted by Gasteiger charge is -2.12. The van der Waals surface area contributed by atoms with Crippen LogP contribution in [-0.2, 0) is 6.54 Å². The molecule has 1 aromatic heterocycles. The van der Waals surface area contributed by atoms with Crippen LogP contribution in [0.3, 0.4) is 0 Å². The summed E-state index contributed by atoms with van der Waals surface area (Å²) in [7, 11) is 3.18. The SMILES string of the molecule is COc1ccc(-c2cc(C(=O)NCc3ccc(Cl)cc3)c3ccccc3n2)cc1OC. The Kier molecular flexibility index (Phi) is 6.05. The molecule has 6 heteroatoms. The molecule has 4 rings (SSSR count). The first-order valence-corrected chi connectivity index (χ1v) is 10.1. The number of rotatable bonds is 6. The second-order valence-corrected chi connectivity index (χ2v) is 7.39. The number of para-hydroxylation sites is 1. The Bertz CT molecular complexity index is 1240. The van der Waals surface area contributed by atoms with E-state index < -0.39 is 0 Å². The molecule has 0 spiro atoms. The zero-order valence-corrected chi connectivity index (χ0v) is 17.9. The Morgan fingerprint density at radius 3 is 2.42 bits per heavy atom. The monoisotopic (exact) mass is 432 g/mol. The number of benzene rings is 3. The number of hydrogen-bond acceptors (Lipinski definition) is 4. The van der Waals surface area contributed by atoms with Gasteiger partial charge in [-0.2, -0.15) is 0 Å². The lowest BCUT2D eigenvalue weighted by molar-refractivity contribution is 0.0952. The second-order valence-electron chi connectivity index (χ2n) is 6.95. The van der Waals surface area contributed by atoms with Gasteiger partial charge >= 0.3 is 0 Å². The third-order valence-corrected chi connectivity index (χ3v) is 5.26. The van der Waals surface area contributed by atoms with E-state index in [1.165, 1.54) is 0 Å². The third kappa shape index (κ3) is 4.47. The smallest absolute Gasteiger partial charge is 0.252 e. The standard InChI is InChI=1S/C25H21ClN2O3/c1-30-23-12-9-17(13-24(23)31-2)22-14-20(19-5-3-4-6-21(19)28-22)25(29)27-15-16-7-10-18(26)11-8-16/h3-14H,15H2,1-2H3,(H,27,29). The van der Waals surface area contributed by atoms with Crippen LogP contribution in [0.5, 0.6) is 11.5 Å². The van der Waals surface area contributed by atoms with Gasteiger partial charge in [0.25, 0.3) is 5.91 Å². The van der Waals surface area contributed by atoms with E-state index in [1.807, 2.05) is 54.6 Å². The summed E-state index contributed by atoms with van der Waals surface area (Å²) in [6, 6.07) is 22.4. The van der Waals surface area contributed by atoms with Gasteiger partial charge in [-0.1, -0.05) is 41.9 Å². The minimum Gasteiger partial charge on any atom is -0.493 e. The van der Waals surface area contributed by atoms with Crippen LogP contribution in [0, 0.1) is 0 Å².